The van der Waals surface area contributed by atoms with Gasteiger partial charge in [-0.05, 0) is 118 Å². The van der Waals surface area contributed by atoms with Gasteiger partial charge in [-0.2, -0.15) is 0 Å². The van der Waals surface area contributed by atoms with Crippen LogP contribution >= 0.6 is 0 Å². The molecule has 2 amide bonds. The Balaban J connectivity index is 1.66. The first kappa shape index (κ1) is 59.6. The highest BCUT2D eigenvalue weighted by Crippen LogP contribution is 2.33. The maximum atomic E-state index is 14.4. The van der Waals surface area contributed by atoms with Crippen LogP contribution in [0.25, 0.3) is 6.08 Å². The van der Waals surface area contributed by atoms with Crippen molar-refractivity contribution in [3.63, 3.8) is 0 Å². The molecule has 10 atom stereocenters. The molecule has 0 radical (unpaired) electrons. The van der Waals surface area contributed by atoms with Crippen molar-refractivity contribution in [3.8, 4) is 0 Å². The van der Waals surface area contributed by atoms with Crippen molar-refractivity contribution in [1.82, 2.24) is 15.1 Å². The van der Waals surface area contributed by atoms with Gasteiger partial charge in [0, 0.05) is 45.4 Å². The topological polar surface area (TPSA) is 180 Å². The predicted molar refractivity (Wildman–Crippen MR) is 276 cm³/mol. The number of allylic oxidation sites excluding steroid dienone is 1. The lowest BCUT2D eigenvalue weighted by molar-refractivity contribution is -0.142. The van der Waals surface area contributed by atoms with E-state index in [1.54, 1.807) is 38.5 Å². The molecule has 0 bridgehead atoms. The number of Topliss-reactive ketones (excluding diaryl/α,β-unsaturated/α-hetero) is 2. The molecule has 13 heteroatoms. The Morgan fingerprint density at radius 2 is 1.51 bits per heavy atom. The molecular formula is C57H87N3O10. The van der Waals surface area contributed by atoms with Crippen LogP contribution in [-0.4, -0.2) is 120 Å². The molecule has 3 rings (SSSR count). The number of nitrogens with one attached hydrogen (secondary N) is 1. The molecule has 70 heavy (non-hydrogen) atoms. The summed E-state index contributed by atoms with van der Waals surface area (Å²) in [6.45, 7) is 16.9. The number of carbonyl (C=O) groups excluding carboxylic acids is 4. The fourth-order valence-corrected chi connectivity index (χ4v) is 10.4. The number of aromatic carboxylic acids is 1. The molecule has 1 aliphatic rings. The number of hydrogen-bond acceptors (Lipinski definition) is 9. The smallest absolute Gasteiger partial charge is 0.335 e. The van der Waals surface area contributed by atoms with E-state index in [1.807, 2.05) is 82.7 Å². The van der Waals surface area contributed by atoms with Gasteiger partial charge >= 0.3 is 11.9 Å². The van der Waals surface area contributed by atoms with E-state index in [1.165, 1.54) is 5.56 Å². The van der Waals surface area contributed by atoms with Crippen LogP contribution in [0.2, 0.25) is 0 Å². The summed E-state index contributed by atoms with van der Waals surface area (Å²) >= 11 is 0. The molecule has 1 fully saturated rings. The maximum absolute atomic E-state index is 14.4. The van der Waals surface area contributed by atoms with Gasteiger partial charge < -0.3 is 29.9 Å². The van der Waals surface area contributed by atoms with Crippen LogP contribution in [0.1, 0.15) is 148 Å². The Kier molecular flexibility index (Phi) is 25.7. The van der Waals surface area contributed by atoms with Gasteiger partial charge in [0.2, 0.25) is 11.8 Å². The van der Waals surface area contributed by atoms with Gasteiger partial charge in [0.15, 0.2) is 5.78 Å². The van der Waals surface area contributed by atoms with Crippen LogP contribution < -0.4 is 5.32 Å². The Hall–Kier alpha value is -4.72. The van der Waals surface area contributed by atoms with Gasteiger partial charge in [0.25, 0.3) is 0 Å². The Morgan fingerprint density at radius 3 is 2.09 bits per heavy atom. The minimum atomic E-state index is -0.963. The molecule has 390 valence electrons. The summed E-state index contributed by atoms with van der Waals surface area (Å²) in [6.07, 6.45) is 10.2. The van der Waals surface area contributed by atoms with Crippen molar-refractivity contribution < 1.29 is 48.5 Å². The minimum Gasteiger partial charge on any atom is -0.481 e. The molecule has 0 aliphatic carbocycles. The van der Waals surface area contributed by atoms with Crippen LogP contribution in [0.15, 0.2) is 60.7 Å². The van der Waals surface area contributed by atoms with E-state index in [4.69, 9.17) is 14.6 Å². The minimum absolute atomic E-state index is 0.0103. The van der Waals surface area contributed by atoms with Crippen LogP contribution in [0.5, 0.6) is 0 Å². The van der Waals surface area contributed by atoms with Crippen LogP contribution in [-0.2, 0) is 39.9 Å². The molecule has 1 aliphatic heterocycles. The second-order valence-corrected chi connectivity index (χ2v) is 20.7. The van der Waals surface area contributed by atoms with Crippen molar-refractivity contribution in [2.75, 3.05) is 34.4 Å². The zero-order chi connectivity index (χ0) is 52.1. The second-order valence-electron chi connectivity index (χ2n) is 20.7. The number of hydrogen-bond donors (Lipinski definition) is 3. The van der Waals surface area contributed by atoms with E-state index < -0.39 is 42.1 Å². The number of methoxy groups -OCH3 is 2. The first-order valence-electron chi connectivity index (χ1n) is 25.9. The number of rotatable bonds is 33. The zero-order valence-corrected chi connectivity index (χ0v) is 44.2. The average molecular weight is 974 g/mol. The summed E-state index contributed by atoms with van der Waals surface area (Å²) in [6, 6.07) is 15.6. The zero-order valence-electron chi connectivity index (χ0n) is 44.2. The van der Waals surface area contributed by atoms with Crippen molar-refractivity contribution in [1.29, 1.82) is 0 Å². The first-order chi connectivity index (χ1) is 33.2. The third kappa shape index (κ3) is 18.5. The van der Waals surface area contributed by atoms with Gasteiger partial charge in [-0.3, -0.25) is 28.9 Å². The van der Waals surface area contributed by atoms with Crippen molar-refractivity contribution in [2.45, 2.75) is 163 Å². The number of likely N-dealkylation sites (tertiary alicyclic amines) is 1. The predicted octanol–water partition coefficient (Wildman–Crippen LogP) is 9.65. The van der Waals surface area contributed by atoms with Gasteiger partial charge in [-0.1, -0.05) is 116 Å². The van der Waals surface area contributed by atoms with Crippen LogP contribution in [0.3, 0.4) is 0 Å². The highest BCUT2D eigenvalue weighted by atomic mass is 16.5. The lowest BCUT2D eigenvalue weighted by Gasteiger charge is -2.36. The third-order valence-electron chi connectivity index (χ3n) is 14.8. The van der Waals surface area contributed by atoms with Gasteiger partial charge in [0.05, 0.1) is 42.3 Å². The van der Waals surface area contributed by atoms with Gasteiger partial charge in [0.1, 0.15) is 5.78 Å². The van der Waals surface area contributed by atoms with E-state index >= 15 is 0 Å². The lowest BCUT2D eigenvalue weighted by Crippen LogP contribution is -2.55. The van der Waals surface area contributed by atoms with Crippen LogP contribution in [0, 0.1) is 41.4 Å². The number of aliphatic carboxylic acids is 1. The molecule has 1 heterocycles. The molecule has 0 spiro atoms. The van der Waals surface area contributed by atoms with E-state index in [-0.39, 0.29) is 83.3 Å². The van der Waals surface area contributed by atoms with E-state index in [9.17, 15) is 33.9 Å². The Bertz CT molecular complexity index is 1970. The monoisotopic (exact) mass is 974 g/mol. The standard InChI is InChI=1S/C57H87N3O10/c1-12-39(6)46(32-25-40(7)54(65)52(37(2)3)58-56(66)53(38(4)5)59(9)33-18-24-51(63)64)49(69-10)36-50(62)60-34-17-22-47(60)55(70-11)41(8)48(61)23-16-21-44(35-43-19-14-13-15-20-43)27-26-42-28-30-45(31-29-42)57(67)68/h13-15,19-20,26-31,37-41,44,46-47,49,52-53,55H,12,16-18,21-25,32-36H2,1-11H3,(H,58,66)(H,63,64)(H,67,68). The number of likely N-dealkylation sites (N-methyl/N-ethyl adjacent to an activating group) is 1. The number of carboxylic acids is 2. The van der Waals surface area contributed by atoms with Gasteiger partial charge in [-0.25, -0.2) is 4.79 Å². The summed E-state index contributed by atoms with van der Waals surface area (Å²) in [7, 11) is 5.09. The number of benzene rings is 2. The molecule has 2 aromatic carbocycles. The Morgan fingerprint density at radius 1 is 0.843 bits per heavy atom. The van der Waals surface area contributed by atoms with Gasteiger partial charge in [-0.15, -0.1) is 0 Å². The van der Waals surface area contributed by atoms with Crippen molar-refractivity contribution in [2.24, 2.45) is 41.4 Å². The lowest BCUT2D eigenvalue weighted by atomic mass is 9.79. The van der Waals surface area contributed by atoms with Crippen LogP contribution in [0.4, 0.5) is 0 Å². The SMILES string of the molecule is CCC(C)C(CCC(C)C(=O)C(NC(=O)C(C(C)C)N(C)CCCC(=O)O)C(C)C)C(CC(=O)N1CCCC1C(OC)C(C)C(=O)CCCC(C=Cc1ccc(C(=O)O)cc1)Cc1ccccc1)OC. The molecule has 3 N–H and O–H groups in total. The second kappa shape index (κ2) is 30.2. The largest absolute Gasteiger partial charge is 0.481 e. The maximum Gasteiger partial charge on any atom is 0.335 e. The highest BCUT2D eigenvalue weighted by molar-refractivity contribution is 5.92. The fraction of sp³-hybridized carbons (Fsp3) is 0.649. The summed E-state index contributed by atoms with van der Waals surface area (Å²) in [4.78, 5) is 82.4. The van der Waals surface area contributed by atoms with E-state index in [0.717, 1.165) is 37.7 Å². The summed E-state index contributed by atoms with van der Waals surface area (Å²) in [5, 5.41) is 21.5. The number of carbonyl (C=O) groups is 6. The number of carboxylic acid groups (broad SMARTS) is 2. The number of amides is 2. The molecule has 0 aromatic heterocycles. The average Bonchev–Trinajstić information content (AvgIpc) is 3.81. The summed E-state index contributed by atoms with van der Waals surface area (Å²) in [5.74, 6) is -2.68. The summed E-state index contributed by atoms with van der Waals surface area (Å²) in [5.41, 5.74) is 2.35. The highest BCUT2D eigenvalue weighted by Gasteiger charge is 2.41. The first-order valence-corrected chi connectivity index (χ1v) is 25.9. The van der Waals surface area contributed by atoms with Crippen molar-refractivity contribution >= 4 is 41.4 Å². The van der Waals surface area contributed by atoms with E-state index in [0.29, 0.717) is 45.2 Å². The molecule has 10 unspecified atom stereocenters. The Labute approximate surface area is 419 Å². The molecule has 1 saturated heterocycles. The number of ketones is 2. The molecular weight excluding hydrogens is 887 g/mol. The quantitative estimate of drug-likeness (QED) is 0.0620. The normalized spacial score (nSPS) is 18.0. The molecule has 0 saturated carbocycles. The number of nitrogens with zero attached hydrogens (tertiary/aromatic N) is 2. The van der Waals surface area contributed by atoms with Crippen molar-refractivity contribution in [3.05, 3.63) is 77.4 Å². The van der Waals surface area contributed by atoms with E-state index in [2.05, 4.69) is 37.4 Å². The summed E-state index contributed by atoms with van der Waals surface area (Å²) < 4.78 is 12.2. The molecule has 2 aromatic rings. The third-order valence-corrected chi connectivity index (χ3v) is 14.8. The number of ether oxygens (including phenoxy) is 2. The molecule has 13 nitrogen and oxygen atoms in total. The fourth-order valence-electron chi connectivity index (χ4n) is 10.4.